The van der Waals surface area contributed by atoms with E-state index in [0.29, 0.717) is 5.56 Å². The normalized spacial score (nSPS) is 14.1. The van der Waals surface area contributed by atoms with Gasteiger partial charge >= 0.3 is 6.18 Å². The average Bonchev–Trinajstić information content (AvgIpc) is 2.02. The van der Waals surface area contributed by atoms with Crippen LogP contribution in [0.25, 0.3) is 0 Å². The van der Waals surface area contributed by atoms with Crippen molar-refractivity contribution in [3.05, 3.63) is 29.3 Å². The van der Waals surface area contributed by atoms with Crippen molar-refractivity contribution in [1.82, 2.24) is 0 Å². The molecule has 14 heavy (non-hydrogen) atoms. The number of nitrogen functional groups attached to an aromatic ring is 1. The van der Waals surface area contributed by atoms with Gasteiger partial charge in [-0.15, -0.1) is 0 Å². The number of hydrogen-bond acceptors (Lipinski definition) is 2. The minimum absolute atomic E-state index is 0.285. The number of hydrogen-bond donors (Lipinski definition) is 2. The van der Waals surface area contributed by atoms with E-state index in [9.17, 15) is 13.2 Å². The summed E-state index contributed by atoms with van der Waals surface area (Å²) in [4.78, 5) is 0. The van der Waals surface area contributed by atoms with Gasteiger partial charge < -0.3 is 11.5 Å². The summed E-state index contributed by atoms with van der Waals surface area (Å²) in [7, 11) is 0. The molecule has 0 aliphatic carbocycles. The predicted molar refractivity (Wildman–Crippen MR) is 48.5 cm³/mol. The van der Waals surface area contributed by atoms with Crippen LogP contribution < -0.4 is 11.5 Å². The molecule has 0 heterocycles. The molecule has 1 aromatic rings. The molecule has 5 heteroatoms. The summed E-state index contributed by atoms with van der Waals surface area (Å²) < 4.78 is 36.8. The Kier molecular flexibility index (Phi) is 2.71. The number of halogens is 3. The molecule has 4 N–H and O–H groups in total. The van der Waals surface area contributed by atoms with Gasteiger partial charge in [0.05, 0.1) is 5.56 Å². The predicted octanol–water partition coefficient (Wildman–Crippen LogP) is 2.31. The fourth-order valence-corrected chi connectivity index (χ4v) is 1.15. The van der Waals surface area contributed by atoms with Gasteiger partial charge in [0, 0.05) is 11.7 Å². The van der Waals surface area contributed by atoms with Crippen molar-refractivity contribution in [3.63, 3.8) is 0 Å². The average molecular weight is 204 g/mol. The Morgan fingerprint density at radius 2 is 1.86 bits per heavy atom. The second kappa shape index (κ2) is 3.49. The number of rotatable bonds is 1. The summed E-state index contributed by atoms with van der Waals surface area (Å²) in [5.41, 5.74) is 10.8. The summed E-state index contributed by atoms with van der Waals surface area (Å²) in [5.74, 6) is 0. The highest BCUT2D eigenvalue weighted by Gasteiger charge is 2.31. The van der Waals surface area contributed by atoms with Crippen LogP contribution in [0.4, 0.5) is 18.9 Å². The highest BCUT2D eigenvalue weighted by atomic mass is 19.4. The highest BCUT2D eigenvalue weighted by Crippen LogP contribution is 2.32. The second-order valence-electron chi connectivity index (χ2n) is 3.13. The van der Waals surface area contributed by atoms with E-state index in [1.807, 2.05) is 0 Å². The van der Waals surface area contributed by atoms with Gasteiger partial charge in [0.15, 0.2) is 0 Å². The Balaban J connectivity index is 3.20. The molecule has 0 spiro atoms. The van der Waals surface area contributed by atoms with Crippen LogP contribution in [-0.2, 0) is 6.18 Å². The molecule has 0 saturated heterocycles. The number of nitrogens with two attached hydrogens (primary N) is 2. The van der Waals surface area contributed by atoms with Crippen LogP contribution in [0, 0.1) is 0 Å². The molecular formula is C9H11F3N2. The minimum atomic E-state index is -4.35. The van der Waals surface area contributed by atoms with Crippen molar-refractivity contribution in [1.29, 1.82) is 0 Å². The Labute approximate surface area is 79.7 Å². The number of alkyl halides is 3. The van der Waals surface area contributed by atoms with Gasteiger partial charge in [0.1, 0.15) is 0 Å². The molecule has 1 aromatic carbocycles. The summed E-state index contributed by atoms with van der Waals surface area (Å²) in [6.45, 7) is 1.59. The van der Waals surface area contributed by atoms with Gasteiger partial charge in [0.25, 0.3) is 0 Å². The van der Waals surface area contributed by atoms with Crippen LogP contribution in [0.15, 0.2) is 18.2 Å². The maximum absolute atomic E-state index is 12.3. The van der Waals surface area contributed by atoms with E-state index in [0.717, 1.165) is 12.1 Å². The van der Waals surface area contributed by atoms with E-state index in [1.54, 1.807) is 6.92 Å². The topological polar surface area (TPSA) is 52.0 Å². The molecule has 0 aliphatic heterocycles. The van der Waals surface area contributed by atoms with Crippen LogP contribution >= 0.6 is 0 Å². The molecule has 0 fully saturated rings. The van der Waals surface area contributed by atoms with Gasteiger partial charge in [-0.1, -0.05) is 0 Å². The molecule has 0 aliphatic rings. The summed E-state index contributed by atoms with van der Waals surface area (Å²) in [5, 5.41) is 0. The minimum Gasteiger partial charge on any atom is -0.398 e. The molecule has 0 bridgehead atoms. The molecule has 0 radical (unpaired) electrons. The highest BCUT2D eigenvalue weighted by molar-refractivity contribution is 5.50. The van der Waals surface area contributed by atoms with E-state index in [-0.39, 0.29) is 5.69 Å². The molecule has 78 valence electrons. The zero-order chi connectivity index (χ0) is 10.9. The van der Waals surface area contributed by atoms with Crippen LogP contribution in [0.2, 0.25) is 0 Å². The summed E-state index contributed by atoms with van der Waals surface area (Å²) in [6, 6.07) is 2.65. The van der Waals surface area contributed by atoms with Crippen LogP contribution in [0.3, 0.4) is 0 Å². The number of benzene rings is 1. The SMILES string of the molecule is CC(N)c1cc(C(F)(F)F)ccc1N. The van der Waals surface area contributed by atoms with Gasteiger partial charge in [0.2, 0.25) is 0 Å². The fraction of sp³-hybridized carbons (Fsp3) is 0.333. The van der Waals surface area contributed by atoms with Crippen molar-refractivity contribution < 1.29 is 13.2 Å². The first-order valence-corrected chi connectivity index (χ1v) is 4.04. The third-order valence-electron chi connectivity index (χ3n) is 1.90. The summed E-state index contributed by atoms with van der Waals surface area (Å²) in [6.07, 6.45) is -4.35. The van der Waals surface area contributed by atoms with Gasteiger partial charge in [-0.3, -0.25) is 0 Å². The third-order valence-corrected chi connectivity index (χ3v) is 1.90. The van der Waals surface area contributed by atoms with E-state index in [4.69, 9.17) is 11.5 Å². The maximum Gasteiger partial charge on any atom is 0.416 e. The monoisotopic (exact) mass is 204 g/mol. The van der Waals surface area contributed by atoms with Crippen molar-refractivity contribution in [2.45, 2.75) is 19.1 Å². The summed E-state index contributed by atoms with van der Waals surface area (Å²) >= 11 is 0. The first-order chi connectivity index (χ1) is 6.32. The van der Waals surface area contributed by atoms with E-state index in [2.05, 4.69) is 0 Å². The zero-order valence-electron chi connectivity index (χ0n) is 7.60. The fourth-order valence-electron chi connectivity index (χ4n) is 1.15. The molecule has 0 aromatic heterocycles. The van der Waals surface area contributed by atoms with Crippen LogP contribution in [0.1, 0.15) is 24.1 Å². The maximum atomic E-state index is 12.3. The second-order valence-corrected chi connectivity index (χ2v) is 3.13. The first-order valence-electron chi connectivity index (χ1n) is 4.04. The van der Waals surface area contributed by atoms with Gasteiger partial charge in [-0.05, 0) is 30.7 Å². The van der Waals surface area contributed by atoms with Crippen molar-refractivity contribution in [2.75, 3.05) is 5.73 Å². The van der Waals surface area contributed by atoms with Crippen molar-refractivity contribution >= 4 is 5.69 Å². The Morgan fingerprint density at radius 3 is 2.29 bits per heavy atom. The molecule has 0 amide bonds. The Hall–Kier alpha value is -1.23. The smallest absolute Gasteiger partial charge is 0.398 e. The molecule has 1 atom stereocenters. The lowest BCUT2D eigenvalue weighted by atomic mass is 10.0. The lowest BCUT2D eigenvalue weighted by molar-refractivity contribution is -0.137. The largest absolute Gasteiger partial charge is 0.416 e. The van der Waals surface area contributed by atoms with Gasteiger partial charge in [-0.2, -0.15) is 13.2 Å². The first kappa shape index (κ1) is 10.8. The Bertz CT molecular complexity index is 331. The molecule has 2 nitrogen and oxygen atoms in total. The van der Waals surface area contributed by atoms with Crippen molar-refractivity contribution in [2.24, 2.45) is 5.73 Å². The molecule has 0 saturated carbocycles. The zero-order valence-corrected chi connectivity index (χ0v) is 7.60. The van der Waals surface area contributed by atoms with Crippen LogP contribution in [-0.4, -0.2) is 0 Å². The molecular weight excluding hydrogens is 193 g/mol. The lowest BCUT2D eigenvalue weighted by Crippen LogP contribution is -2.12. The quantitative estimate of drug-likeness (QED) is 0.689. The number of anilines is 1. The van der Waals surface area contributed by atoms with Gasteiger partial charge in [-0.25, -0.2) is 0 Å². The van der Waals surface area contributed by atoms with E-state index < -0.39 is 17.8 Å². The molecule has 1 unspecified atom stereocenters. The Morgan fingerprint density at radius 1 is 1.29 bits per heavy atom. The lowest BCUT2D eigenvalue weighted by Gasteiger charge is -2.13. The van der Waals surface area contributed by atoms with E-state index in [1.165, 1.54) is 6.07 Å². The van der Waals surface area contributed by atoms with Crippen molar-refractivity contribution in [3.8, 4) is 0 Å². The third kappa shape index (κ3) is 2.17. The van der Waals surface area contributed by atoms with E-state index >= 15 is 0 Å². The standard InChI is InChI=1S/C9H11F3N2/c1-5(13)7-4-6(9(10,11)12)2-3-8(7)14/h2-5H,13-14H2,1H3. The van der Waals surface area contributed by atoms with Crippen LogP contribution in [0.5, 0.6) is 0 Å². The molecule has 1 rings (SSSR count).